The lowest BCUT2D eigenvalue weighted by atomic mass is 10.0. The van der Waals surface area contributed by atoms with Crippen molar-refractivity contribution < 1.29 is 9.53 Å². The summed E-state index contributed by atoms with van der Waals surface area (Å²) < 4.78 is 7.36. The predicted molar refractivity (Wildman–Crippen MR) is 91.6 cm³/mol. The Morgan fingerprint density at radius 2 is 2.27 bits per heavy atom. The molecule has 2 aliphatic rings. The number of amides is 1. The third-order valence-electron chi connectivity index (χ3n) is 4.33. The first kappa shape index (κ1) is 16.3. The fourth-order valence-electron chi connectivity index (χ4n) is 3.14. The normalized spacial score (nSPS) is 31.0. The van der Waals surface area contributed by atoms with E-state index in [-0.39, 0.29) is 18.1 Å². The van der Waals surface area contributed by atoms with Crippen molar-refractivity contribution in [1.29, 1.82) is 0 Å². The Morgan fingerprint density at radius 1 is 1.45 bits per heavy atom. The smallest absolute Gasteiger partial charge is 0.251 e. The van der Waals surface area contributed by atoms with Crippen LogP contribution in [0.25, 0.3) is 0 Å². The van der Waals surface area contributed by atoms with E-state index >= 15 is 0 Å². The van der Waals surface area contributed by atoms with E-state index in [1.807, 2.05) is 23.1 Å². The molecule has 1 amide bonds. The molecule has 1 fully saturated rings. The van der Waals surface area contributed by atoms with Crippen LogP contribution in [0.4, 0.5) is 0 Å². The van der Waals surface area contributed by atoms with E-state index in [0.717, 1.165) is 25.8 Å². The van der Waals surface area contributed by atoms with Crippen molar-refractivity contribution in [2.24, 2.45) is 0 Å². The first-order valence-corrected chi connectivity index (χ1v) is 9.64. The summed E-state index contributed by atoms with van der Waals surface area (Å²) >= 11 is 3.83. The highest BCUT2D eigenvalue weighted by Gasteiger charge is 2.33. The largest absolute Gasteiger partial charge is 0.364 e. The lowest BCUT2D eigenvalue weighted by Gasteiger charge is -2.28. The fraction of sp³-hybridized carbons (Fsp3) is 0.688. The highest BCUT2D eigenvalue weighted by atomic mass is 32.2. The summed E-state index contributed by atoms with van der Waals surface area (Å²) in [5, 5.41) is 6.50. The maximum atomic E-state index is 11.9. The van der Waals surface area contributed by atoms with Crippen LogP contribution in [-0.4, -0.2) is 48.9 Å². The second-order valence-corrected chi connectivity index (χ2v) is 8.97. The van der Waals surface area contributed by atoms with Crippen LogP contribution < -0.4 is 5.32 Å². The Balaban J connectivity index is 1.53. The van der Waals surface area contributed by atoms with E-state index in [9.17, 15) is 4.79 Å². The Morgan fingerprint density at radius 3 is 3.05 bits per heavy atom. The number of rotatable bonds is 4. The van der Waals surface area contributed by atoms with E-state index in [0.29, 0.717) is 11.3 Å². The third-order valence-corrected chi connectivity index (χ3v) is 6.67. The maximum Gasteiger partial charge on any atom is 0.251 e. The van der Waals surface area contributed by atoms with E-state index in [1.165, 1.54) is 9.77 Å². The van der Waals surface area contributed by atoms with Crippen molar-refractivity contribution >= 4 is 29.0 Å². The number of ether oxygens (including phenoxy) is 1. The van der Waals surface area contributed by atoms with E-state index in [4.69, 9.17) is 4.74 Å². The minimum absolute atomic E-state index is 0.0882. The van der Waals surface area contributed by atoms with Crippen LogP contribution >= 0.6 is 23.1 Å². The zero-order chi connectivity index (χ0) is 15.7. The van der Waals surface area contributed by atoms with Gasteiger partial charge >= 0.3 is 0 Å². The first-order valence-electron chi connectivity index (χ1n) is 7.88. The Kier molecular flexibility index (Phi) is 5.12. The van der Waals surface area contributed by atoms with Crippen LogP contribution in [0.15, 0.2) is 15.7 Å². The lowest BCUT2D eigenvalue weighted by molar-refractivity contribution is -0.140. The molecule has 0 aromatic carbocycles. The molecular formula is C16H24N2O2S2. The summed E-state index contributed by atoms with van der Waals surface area (Å²) in [6, 6.07) is 2.66. The van der Waals surface area contributed by atoms with Crippen molar-refractivity contribution in [1.82, 2.24) is 10.2 Å². The second-order valence-electron chi connectivity index (χ2n) is 6.35. The lowest BCUT2D eigenvalue weighted by Crippen LogP contribution is -2.36. The van der Waals surface area contributed by atoms with Gasteiger partial charge in [-0.15, -0.1) is 23.1 Å². The Bertz CT molecular complexity index is 532. The van der Waals surface area contributed by atoms with Crippen LogP contribution in [-0.2, 0) is 9.53 Å². The van der Waals surface area contributed by atoms with Gasteiger partial charge in [0.05, 0.1) is 10.3 Å². The van der Waals surface area contributed by atoms with Crippen LogP contribution in [0.2, 0.25) is 0 Å². The monoisotopic (exact) mass is 340 g/mol. The average Bonchev–Trinajstić information content (AvgIpc) is 3.12. The molecule has 0 aliphatic carbocycles. The van der Waals surface area contributed by atoms with Gasteiger partial charge in [0.15, 0.2) is 0 Å². The number of hydrogen-bond acceptors (Lipinski definition) is 5. The van der Waals surface area contributed by atoms with Gasteiger partial charge < -0.3 is 15.0 Å². The highest BCUT2D eigenvalue weighted by molar-refractivity contribution is 8.01. The number of likely N-dealkylation sites (N-methyl/N-ethyl adjacent to an activating group) is 1. The van der Waals surface area contributed by atoms with Crippen molar-refractivity contribution in [3.8, 4) is 0 Å². The zero-order valence-electron chi connectivity index (χ0n) is 13.4. The zero-order valence-corrected chi connectivity index (χ0v) is 15.0. The summed E-state index contributed by atoms with van der Waals surface area (Å²) in [5.41, 5.74) is 1.44. The molecule has 1 N–H and O–H groups in total. The molecule has 3 heterocycles. The number of nitrogens with one attached hydrogen (secondary N) is 1. The van der Waals surface area contributed by atoms with Gasteiger partial charge in [-0.2, -0.15) is 0 Å². The standard InChI is InChI=1S/C16H24N2O2S2/c1-10-8-13(12-6-7-21-16(12)22-10)17-9-11-4-5-14(20-11)15(19)18(2)3/h6-7,10-11,13-14,17H,4-5,8-9H2,1-3H3/t10-,11+,13-,14-/m0/s1. The minimum atomic E-state index is -0.251. The van der Waals surface area contributed by atoms with Gasteiger partial charge in [-0.3, -0.25) is 4.79 Å². The SMILES string of the molecule is C[C@H]1C[C@H](NC[C@H]2CC[C@@H](C(=O)N(C)C)O2)c2ccsc2S1. The quantitative estimate of drug-likeness (QED) is 0.915. The molecule has 0 bridgehead atoms. The molecular weight excluding hydrogens is 316 g/mol. The number of fused-ring (bicyclic) bond motifs is 1. The van der Waals surface area contributed by atoms with E-state index in [1.54, 1.807) is 19.0 Å². The van der Waals surface area contributed by atoms with Gasteiger partial charge in [0.25, 0.3) is 5.91 Å². The molecule has 4 nitrogen and oxygen atoms in total. The summed E-state index contributed by atoms with van der Waals surface area (Å²) in [6.07, 6.45) is 2.86. The van der Waals surface area contributed by atoms with Gasteiger partial charge in [0.2, 0.25) is 0 Å². The van der Waals surface area contributed by atoms with Gasteiger partial charge in [-0.1, -0.05) is 6.92 Å². The molecule has 6 heteroatoms. The van der Waals surface area contributed by atoms with Gasteiger partial charge in [0.1, 0.15) is 6.10 Å². The highest BCUT2D eigenvalue weighted by Crippen LogP contribution is 2.43. The second kappa shape index (κ2) is 6.91. The number of thioether (sulfide) groups is 1. The van der Waals surface area contributed by atoms with Crippen molar-refractivity contribution in [3.63, 3.8) is 0 Å². The van der Waals surface area contributed by atoms with Crippen LogP contribution in [0.3, 0.4) is 0 Å². The summed E-state index contributed by atoms with van der Waals surface area (Å²) in [7, 11) is 3.58. The van der Waals surface area contributed by atoms with Crippen molar-refractivity contribution in [3.05, 3.63) is 17.0 Å². The maximum absolute atomic E-state index is 11.9. The van der Waals surface area contributed by atoms with E-state index < -0.39 is 0 Å². The molecule has 1 saturated heterocycles. The molecule has 1 aromatic rings. The van der Waals surface area contributed by atoms with Gasteiger partial charge in [-0.25, -0.2) is 0 Å². The molecule has 1 aromatic heterocycles. The van der Waals surface area contributed by atoms with Crippen LogP contribution in [0, 0.1) is 0 Å². The molecule has 0 spiro atoms. The molecule has 0 saturated carbocycles. The predicted octanol–water partition coefficient (Wildman–Crippen LogP) is 2.90. The van der Waals surface area contributed by atoms with Gasteiger partial charge in [-0.05, 0) is 36.3 Å². The molecule has 0 radical (unpaired) electrons. The number of nitrogens with zero attached hydrogens (tertiary/aromatic N) is 1. The minimum Gasteiger partial charge on any atom is -0.364 e. The van der Waals surface area contributed by atoms with Gasteiger partial charge in [0, 0.05) is 31.9 Å². The van der Waals surface area contributed by atoms with Crippen LogP contribution in [0.5, 0.6) is 0 Å². The average molecular weight is 341 g/mol. The Labute approximate surface area is 140 Å². The van der Waals surface area contributed by atoms with Crippen molar-refractivity contribution in [2.75, 3.05) is 20.6 Å². The molecule has 4 atom stereocenters. The third kappa shape index (κ3) is 3.50. The number of hydrogen-bond donors (Lipinski definition) is 1. The topological polar surface area (TPSA) is 41.6 Å². The van der Waals surface area contributed by atoms with Crippen LogP contribution in [0.1, 0.15) is 37.8 Å². The number of carbonyl (C=O) groups excluding carboxylic acids is 1. The number of thiophene rings is 1. The summed E-state index contributed by atoms with van der Waals surface area (Å²) in [5.74, 6) is 0.0882. The first-order chi connectivity index (χ1) is 10.5. The summed E-state index contributed by atoms with van der Waals surface area (Å²) in [6.45, 7) is 3.12. The molecule has 2 aliphatic heterocycles. The number of carbonyl (C=O) groups is 1. The fourth-order valence-corrected chi connectivity index (χ4v) is 5.71. The molecule has 0 unspecified atom stereocenters. The van der Waals surface area contributed by atoms with Crippen molar-refractivity contribution in [2.45, 2.75) is 53.9 Å². The Hall–Kier alpha value is -0.560. The summed E-state index contributed by atoms with van der Waals surface area (Å²) in [4.78, 5) is 13.6. The molecule has 3 rings (SSSR count). The molecule has 22 heavy (non-hydrogen) atoms. The van der Waals surface area contributed by atoms with E-state index in [2.05, 4.69) is 23.7 Å². The molecule has 122 valence electrons.